The van der Waals surface area contributed by atoms with Crippen LogP contribution in [0.4, 0.5) is 29.7 Å². The molecule has 0 spiro atoms. The fourth-order valence-electron chi connectivity index (χ4n) is 8.54. The molecule has 1 aromatic heterocycles. The number of ketones is 2. The number of hydrogen-bond acceptors (Lipinski definition) is 10. The van der Waals surface area contributed by atoms with Crippen molar-refractivity contribution in [3.63, 3.8) is 0 Å². The van der Waals surface area contributed by atoms with Crippen molar-refractivity contribution in [1.29, 1.82) is 0 Å². The number of benzene rings is 4. The molecule has 5 aromatic rings. The fourth-order valence-corrected chi connectivity index (χ4v) is 8.90. The van der Waals surface area contributed by atoms with Crippen molar-refractivity contribution in [3.05, 3.63) is 147 Å². The van der Waals surface area contributed by atoms with Crippen molar-refractivity contribution < 1.29 is 47.0 Å². The third kappa shape index (κ3) is 13.3. The largest absolute Gasteiger partial charge is 0.449 e. The Hall–Kier alpha value is -6.20. The average molecular weight is 994 g/mol. The van der Waals surface area contributed by atoms with Crippen LogP contribution in [-0.2, 0) is 31.9 Å². The summed E-state index contributed by atoms with van der Waals surface area (Å²) in [5.74, 6) is -0.848. The summed E-state index contributed by atoms with van der Waals surface area (Å²) in [5, 5.41) is 8.25. The van der Waals surface area contributed by atoms with E-state index in [-0.39, 0.29) is 76.4 Å². The minimum Gasteiger partial charge on any atom is -0.449 e. The van der Waals surface area contributed by atoms with Gasteiger partial charge in [0.15, 0.2) is 0 Å². The van der Waals surface area contributed by atoms with E-state index in [1.807, 2.05) is 18.2 Å². The van der Waals surface area contributed by atoms with E-state index in [2.05, 4.69) is 20.9 Å². The van der Waals surface area contributed by atoms with Gasteiger partial charge in [-0.1, -0.05) is 47.5 Å². The van der Waals surface area contributed by atoms with Gasteiger partial charge in [0, 0.05) is 78.5 Å². The molecule has 9 rings (SSSR count). The number of hydrogen-bond donors (Lipinski definition) is 4. The van der Waals surface area contributed by atoms with Gasteiger partial charge in [-0.15, -0.1) is 12.4 Å². The van der Waals surface area contributed by atoms with Crippen LogP contribution in [0.3, 0.4) is 0 Å². The number of rotatable bonds is 9. The first kappa shape index (κ1) is 51.2. The first-order chi connectivity index (χ1) is 32.2. The molecule has 68 heavy (non-hydrogen) atoms. The Kier molecular flexibility index (Phi) is 17.8. The van der Waals surface area contributed by atoms with Crippen LogP contribution in [0, 0.1) is 23.5 Å². The number of halogens is 5. The Labute approximate surface area is 407 Å². The lowest BCUT2D eigenvalue weighted by molar-refractivity contribution is -0.118. The lowest BCUT2D eigenvalue weighted by Gasteiger charge is -2.16. The molecule has 5 N–H and O–H groups in total. The molecule has 0 radical (unpaired) electrons. The Balaban J connectivity index is 0.000000178. The Morgan fingerprint density at radius 3 is 1.75 bits per heavy atom. The SMILES string of the molecule is Cl.N[C@H]1CCc2c(C(=O)Nc3ccc(F)c(Cl)c3)cccc21.O=C1CC[C@H](COC(=O)N[C@H]2CCc3c(C(=O)Nc4ccc(F)c(Cl)c4)cccc32)C1.O=C1CC[C@H](COC(=O)n2ccnc2)C1. The van der Waals surface area contributed by atoms with Crippen LogP contribution in [0.1, 0.15) is 106 Å². The van der Waals surface area contributed by atoms with Crippen molar-refractivity contribution in [2.75, 3.05) is 23.8 Å². The molecule has 1 heterocycles. The van der Waals surface area contributed by atoms with Crippen LogP contribution >= 0.6 is 35.6 Å². The molecule has 4 aliphatic carbocycles. The van der Waals surface area contributed by atoms with Crippen molar-refractivity contribution in [2.45, 2.75) is 76.3 Å². The van der Waals surface area contributed by atoms with Crippen molar-refractivity contribution in [2.24, 2.45) is 17.6 Å². The molecule has 3 amide bonds. The average Bonchev–Trinajstić information content (AvgIpc) is 4.19. The highest BCUT2D eigenvalue weighted by molar-refractivity contribution is 6.31. The molecule has 4 aliphatic rings. The number of carbonyl (C=O) groups excluding carboxylic acids is 6. The van der Waals surface area contributed by atoms with Crippen LogP contribution in [0.25, 0.3) is 0 Å². The summed E-state index contributed by atoms with van der Waals surface area (Å²) < 4.78 is 38.1. The summed E-state index contributed by atoms with van der Waals surface area (Å²) >= 11 is 11.5. The number of nitrogens with one attached hydrogen (secondary N) is 3. The standard InChI is InChI=1S/C23H22ClFN2O4.C16H14ClFN2O.C10H12N2O3.ClH/c24-19-11-14(5-8-20(19)25)26-22(29)18-3-1-2-17-16(18)7-9-21(17)27-23(30)31-12-13-4-6-15(28)10-13;17-13-8-9(4-6-14(13)18)20-16(21)12-3-1-2-11-10(12)5-7-15(11)19;13-9-2-1-8(5-9)6-15-10(14)12-4-3-11-7-12;/h1-3,5,8,11,13,21H,4,6-7,9-10,12H2,(H,26,29)(H,27,30);1-4,6,8,15H,5,7,19H2,(H,20,21);3-4,7-8H,1-2,5-6H2;1H/t13-,21-;15-;8-;/m000./s1. The molecule has 4 aromatic carbocycles. The zero-order valence-electron chi connectivity index (χ0n) is 36.6. The van der Waals surface area contributed by atoms with Crippen molar-refractivity contribution in [1.82, 2.24) is 14.9 Å². The number of carbonyl (C=O) groups is 6. The van der Waals surface area contributed by atoms with Gasteiger partial charge in [0.05, 0.1) is 29.3 Å². The summed E-state index contributed by atoms with van der Waals surface area (Å²) in [7, 11) is 0. The highest BCUT2D eigenvalue weighted by atomic mass is 35.5. The molecule has 19 heteroatoms. The number of amides is 3. The van der Waals surface area contributed by atoms with E-state index in [0.29, 0.717) is 67.6 Å². The molecule has 358 valence electrons. The highest BCUT2D eigenvalue weighted by Gasteiger charge is 2.30. The molecular weight excluding hydrogens is 945 g/mol. The van der Waals surface area contributed by atoms with E-state index >= 15 is 0 Å². The van der Waals surface area contributed by atoms with Gasteiger partial charge in [-0.25, -0.2) is 27.9 Å². The van der Waals surface area contributed by atoms with E-state index in [1.54, 1.807) is 18.2 Å². The molecule has 0 bridgehead atoms. The number of Topliss-reactive ketones (excluding diaryl/α,β-unsaturated/α-hetero) is 2. The number of alkyl carbamates (subject to hydrolysis) is 1. The topological polar surface area (TPSA) is 201 Å². The molecule has 0 saturated heterocycles. The maximum Gasteiger partial charge on any atom is 0.419 e. The zero-order chi connectivity index (χ0) is 47.6. The molecule has 14 nitrogen and oxygen atoms in total. The number of anilines is 2. The van der Waals surface area contributed by atoms with Gasteiger partial charge in [0.25, 0.3) is 11.8 Å². The van der Waals surface area contributed by atoms with E-state index in [1.165, 1.54) is 59.7 Å². The number of fused-ring (bicyclic) bond motifs is 2. The lowest BCUT2D eigenvalue weighted by Crippen LogP contribution is -2.29. The number of ether oxygens (including phenoxy) is 2. The van der Waals surface area contributed by atoms with E-state index < -0.39 is 23.8 Å². The van der Waals surface area contributed by atoms with Gasteiger partial charge >= 0.3 is 12.2 Å². The molecule has 2 fully saturated rings. The monoisotopic (exact) mass is 992 g/mol. The van der Waals surface area contributed by atoms with Crippen LogP contribution in [0.2, 0.25) is 10.0 Å². The van der Waals surface area contributed by atoms with E-state index in [9.17, 15) is 37.5 Å². The predicted octanol–water partition coefficient (Wildman–Crippen LogP) is 10.2. The number of nitrogens with zero attached hydrogens (tertiary/aromatic N) is 2. The van der Waals surface area contributed by atoms with Crippen LogP contribution in [0.15, 0.2) is 91.5 Å². The van der Waals surface area contributed by atoms with E-state index in [4.69, 9.17) is 38.4 Å². The second kappa shape index (κ2) is 23.7. The van der Waals surface area contributed by atoms with Gasteiger partial charge in [-0.3, -0.25) is 19.2 Å². The summed E-state index contributed by atoms with van der Waals surface area (Å²) in [4.78, 5) is 74.8. The van der Waals surface area contributed by atoms with Crippen molar-refractivity contribution >= 4 is 82.6 Å². The molecule has 4 atom stereocenters. The Morgan fingerprint density at radius 1 is 0.706 bits per heavy atom. The molecule has 0 aliphatic heterocycles. The Morgan fingerprint density at radius 2 is 1.24 bits per heavy atom. The summed E-state index contributed by atoms with van der Waals surface area (Å²) in [5.41, 5.74) is 11.7. The second-order valence-electron chi connectivity index (χ2n) is 16.7. The van der Waals surface area contributed by atoms with Gasteiger partial charge < -0.3 is 31.2 Å². The zero-order valence-corrected chi connectivity index (χ0v) is 38.9. The van der Waals surface area contributed by atoms with Crippen molar-refractivity contribution in [3.8, 4) is 0 Å². The maximum absolute atomic E-state index is 13.3. The quantitative estimate of drug-likeness (QED) is 0.110. The van der Waals surface area contributed by atoms with Gasteiger partial charge in [0.2, 0.25) is 0 Å². The number of aromatic nitrogens is 2. The Bertz CT molecular complexity index is 2670. The smallest absolute Gasteiger partial charge is 0.419 e. The minimum absolute atomic E-state index is 0. The van der Waals surface area contributed by atoms with Gasteiger partial charge in [-0.2, -0.15) is 0 Å². The number of imidazole rings is 1. The van der Waals surface area contributed by atoms with E-state index in [0.717, 1.165) is 47.9 Å². The fraction of sp³-hybridized carbons (Fsp3) is 0.327. The first-order valence-corrected chi connectivity index (χ1v) is 22.6. The van der Waals surface area contributed by atoms with Crippen LogP contribution in [0.5, 0.6) is 0 Å². The van der Waals surface area contributed by atoms with Gasteiger partial charge in [0.1, 0.15) is 29.5 Å². The van der Waals surface area contributed by atoms with Crippen LogP contribution in [-0.4, -0.2) is 58.3 Å². The number of nitrogens with two attached hydrogens (primary N) is 1. The second-order valence-corrected chi connectivity index (χ2v) is 17.5. The summed E-state index contributed by atoms with van der Waals surface area (Å²) in [6.45, 7) is 0.558. The summed E-state index contributed by atoms with van der Waals surface area (Å²) in [6, 6.07) is 18.8. The van der Waals surface area contributed by atoms with Gasteiger partial charge in [-0.05, 0) is 109 Å². The maximum atomic E-state index is 13.3. The predicted molar refractivity (Wildman–Crippen MR) is 253 cm³/mol. The lowest BCUT2D eigenvalue weighted by atomic mass is 10.0. The molecule has 0 unspecified atom stereocenters. The third-order valence-electron chi connectivity index (χ3n) is 12.0. The normalized spacial score (nSPS) is 18.7. The minimum atomic E-state index is -0.555. The molecular formula is C49H49Cl3F2N6O8. The summed E-state index contributed by atoms with van der Waals surface area (Å²) in [6.07, 6.45) is 10.2. The van der Waals surface area contributed by atoms with Crippen LogP contribution < -0.4 is 21.7 Å². The third-order valence-corrected chi connectivity index (χ3v) is 12.6. The first-order valence-electron chi connectivity index (χ1n) is 21.9. The molecule has 2 saturated carbocycles. The highest BCUT2D eigenvalue weighted by Crippen LogP contribution is 2.35.